The van der Waals surface area contributed by atoms with E-state index in [9.17, 15) is 14.9 Å². The number of nitro groups is 1. The Hall–Kier alpha value is -2.15. The highest BCUT2D eigenvalue weighted by Crippen LogP contribution is 2.49. The zero-order valence-electron chi connectivity index (χ0n) is 11.9. The molecule has 0 aliphatic heterocycles. The molecule has 0 heterocycles. The second kappa shape index (κ2) is 6.53. The van der Waals surface area contributed by atoms with Crippen LogP contribution < -0.4 is 4.74 Å². The van der Waals surface area contributed by atoms with Crippen molar-refractivity contribution in [2.24, 2.45) is 5.92 Å². The summed E-state index contributed by atoms with van der Waals surface area (Å²) in [7, 11) is 1.44. The molecule has 1 aliphatic carbocycles. The van der Waals surface area contributed by atoms with E-state index < -0.39 is 4.92 Å². The van der Waals surface area contributed by atoms with Gasteiger partial charge in [0.05, 0.1) is 17.4 Å². The van der Waals surface area contributed by atoms with Crippen LogP contribution in [0.25, 0.3) is 0 Å². The van der Waals surface area contributed by atoms with E-state index in [-0.39, 0.29) is 36.0 Å². The standard InChI is InChI=1S/C14H17NO6/c1-3-20-14(16)11-7-10(11)9-4-5-13(21-8-19-2)12(6-9)15(17)18/h4-6,10-11H,3,7-8H2,1-2H3/t10-,11-/m0/s1. The van der Waals surface area contributed by atoms with Crippen molar-refractivity contribution >= 4 is 11.7 Å². The SMILES string of the molecule is CCOC(=O)[C@H]1C[C@H]1c1ccc(OCOC)c([N+](=O)[O-])c1. The summed E-state index contributed by atoms with van der Waals surface area (Å²) in [6.45, 7) is 2.03. The third-order valence-electron chi connectivity index (χ3n) is 3.32. The first-order valence-electron chi connectivity index (χ1n) is 6.65. The number of rotatable bonds is 7. The predicted molar refractivity (Wildman–Crippen MR) is 73.1 cm³/mol. The fourth-order valence-corrected chi connectivity index (χ4v) is 2.23. The minimum absolute atomic E-state index is 0.0146. The molecule has 1 saturated carbocycles. The molecule has 0 bridgehead atoms. The maximum Gasteiger partial charge on any atom is 0.311 e. The molecule has 7 heteroatoms. The maximum absolute atomic E-state index is 11.6. The quantitative estimate of drug-likeness (QED) is 0.332. The van der Waals surface area contributed by atoms with Gasteiger partial charge in [0.25, 0.3) is 0 Å². The number of ether oxygens (including phenoxy) is 3. The molecule has 0 saturated heterocycles. The third kappa shape index (κ3) is 3.49. The fourth-order valence-electron chi connectivity index (χ4n) is 2.23. The molecule has 2 rings (SSSR count). The second-order valence-electron chi connectivity index (χ2n) is 4.74. The Morgan fingerprint density at radius 2 is 2.24 bits per heavy atom. The number of hydrogen-bond acceptors (Lipinski definition) is 6. The maximum atomic E-state index is 11.6. The van der Waals surface area contributed by atoms with E-state index in [1.165, 1.54) is 19.2 Å². The molecule has 21 heavy (non-hydrogen) atoms. The number of hydrogen-bond donors (Lipinski definition) is 0. The molecule has 2 atom stereocenters. The monoisotopic (exact) mass is 295 g/mol. The smallest absolute Gasteiger partial charge is 0.311 e. The van der Waals surface area contributed by atoms with Crippen LogP contribution >= 0.6 is 0 Å². The molecule has 0 spiro atoms. The Kier molecular flexibility index (Phi) is 4.74. The summed E-state index contributed by atoms with van der Waals surface area (Å²) in [6.07, 6.45) is 0.661. The van der Waals surface area contributed by atoms with E-state index in [1.807, 2.05) is 0 Å². The molecular weight excluding hydrogens is 278 g/mol. The molecule has 0 unspecified atom stereocenters. The molecule has 7 nitrogen and oxygen atoms in total. The van der Waals surface area contributed by atoms with Crippen LogP contribution in [0.4, 0.5) is 5.69 Å². The largest absolute Gasteiger partial charge is 0.466 e. The fraction of sp³-hybridized carbons (Fsp3) is 0.500. The number of nitrogens with zero attached hydrogens (tertiary/aromatic N) is 1. The highest BCUT2D eigenvalue weighted by atomic mass is 16.7. The van der Waals surface area contributed by atoms with Crippen LogP contribution in [-0.2, 0) is 14.3 Å². The molecule has 0 N–H and O–H groups in total. The van der Waals surface area contributed by atoms with E-state index in [1.54, 1.807) is 13.0 Å². The van der Waals surface area contributed by atoms with Gasteiger partial charge in [0.15, 0.2) is 12.5 Å². The van der Waals surface area contributed by atoms with Crippen molar-refractivity contribution < 1.29 is 23.9 Å². The summed E-state index contributed by atoms with van der Waals surface area (Å²) < 4.78 is 14.9. The number of methoxy groups -OCH3 is 1. The Morgan fingerprint density at radius 1 is 1.48 bits per heavy atom. The van der Waals surface area contributed by atoms with Crippen molar-refractivity contribution in [3.8, 4) is 5.75 Å². The first-order valence-corrected chi connectivity index (χ1v) is 6.65. The van der Waals surface area contributed by atoms with E-state index in [2.05, 4.69) is 0 Å². The Morgan fingerprint density at radius 3 is 2.86 bits per heavy atom. The number of carbonyl (C=O) groups is 1. The van der Waals surface area contributed by atoms with Crippen molar-refractivity contribution in [2.75, 3.05) is 20.5 Å². The lowest BCUT2D eigenvalue weighted by molar-refractivity contribution is -0.386. The van der Waals surface area contributed by atoms with Gasteiger partial charge in [-0.1, -0.05) is 6.07 Å². The Bertz CT molecular complexity index is 544. The number of esters is 1. The Labute approximate surface area is 122 Å². The van der Waals surface area contributed by atoms with Gasteiger partial charge < -0.3 is 14.2 Å². The highest BCUT2D eigenvalue weighted by molar-refractivity contribution is 5.77. The van der Waals surface area contributed by atoms with Crippen LogP contribution in [0.2, 0.25) is 0 Å². The molecule has 1 aromatic rings. The van der Waals surface area contributed by atoms with E-state index in [0.717, 1.165) is 5.56 Å². The van der Waals surface area contributed by atoms with Gasteiger partial charge in [0.2, 0.25) is 0 Å². The van der Waals surface area contributed by atoms with Crippen molar-refractivity contribution in [1.82, 2.24) is 0 Å². The van der Waals surface area contributed by atoms with Crippen LogP contribution in [0.1, 0.15) is 24.8 Å². The number of benzene rings is 1. The van der Waals surface area contributed by atoms with Gasteiger partial charge in [-0.2, -0.15) is 0 Å². The molecular formula is C14H17NO6. The van der Waals surface area contributed by atoms with Gasteiger partial charge in [-0.05, 0) is 30.9 Å². The van der Waals surface area contributed by atoms with Gasteiger partial charge in [-0.3, -0.25) is 14.9 Å². The summed E-state index contributed by atoms with van der Waals surface area (Å²) in [5.74, 6) is -0.307. The average molecular weight is 295 g/mol. The normalized spacial score (nSPS) is 19.9. The molecule has 0 aromatic heterocycles. The summed E-state index contributed by atoms with van der Waals surface area (Å²) >= 11 is 0. The third-order valence-corrected chi connectivity index (χ3v) is 3.32. The van der Waals surface area contributed by atoms with Crippen molar-refractivity contribution in [3.63, 3.8) is 0 Å². The highest BCUT2D eigenvalue weighted by Gasteiger charge is 2.45. The summed E-state index contributed by atoms with van der Waals surface area (Å²) in [5.41, 5.74) is 0.628. The molecule has 1 aliphatic rings. The zero-order chi connectivity index (χ0) is 15.4. The summed E-state index contributed by atoms with van der Waals surface area (Å²) in [6, 6.07) is 4.73. The minimum Gasteiger partial charge on any atom is -0.466 e. The lowest BCUT2D eigenvalue weighted by atomic mass is 10.1. The predicted octanol–water partition coefficient (Wildman–Crippen LogP) is 2.24. The van der Waals surface area contributed by atoms with Crippen molar-refractivity contribution in [3.05, 3.63) is 33.9 Å². The first kappa shape index (κ1) is 15.2. The van der Waals surface area contributed by atoms with Gasteiger partial charge in [-0.25, -0.2) is 0 Å². The van der Waals surface area contributed by atoms with Crippen molar-refractivity contribution in [1.29, 1.82) is 0 Å². The van der Waals surface area contributed by atoms with Crippen LogP contribution in [0.5, 0.6) is 5.75 Å². The van der Waals surface area contributed by atoms with Crippen LogP contribution in [0.15, 0.2) is 18.2 Å². The van der Waals surface area contributed by atoms with Crippen LogP contribution in [0.3, 0.4) is 0 Å². The number of nitro benzene ring substituents is 1. The first-order chi connectivity index (χ1) is 10.1. The Balaban J connectivity index is 2.14. The topological polar surface area (TPSA) is 87.9 Å². The van der Waals surface area contributed by atoms with E-state index in [4.69, 9.17) is 14.2 Å². The second-order valence-corrected chi connectivity index (χ2v) is 4.74. The van der Waals surface area contributed by atoms with E-state index >= 15 is 0 Å². The summed E-state index contributed by atoms with van der Waals surface area (Å²) in [5, 5.41) is 11.1. The molecule has 0 radical (unpaired) electrons. The van der Waals surface area contributed by atoms with Gasteiger partial charge in [-0.15, -0.1) is 0 Å². The molecule has 1 fully saturated rings. The molecule has 114 valence electrons. The van der Waals surface area contributed by atoms with E-state index in [0.29, 0.717) is 13.0 Å². The van der Waals surface area contributed by atoms with Crippen LogP contribution in [0, 0.1) is 16.0 Å². The zero-order valence-corrected chi connectivity index (χ0v) is 11.9. The molecule has 0 amide bonds. The van der Waals surface area contributed by atoms with Crippen LogP contribution in [-0.4, -0.2) is 31.4 Å². The van der Waals surface area contributed by atoms with Gasteiger partial charge in [0.1, 0.15) is 0 Å². The average Bonchev–Trinajstić information content (AvgIpc) is 3.25. The van der Waals surface area contributed by atoms with Crippen molar-refractivity contribution in [2.45, 2.75) is 19.3 Å². The number of carbonyl (C=O) groups excluding carboxylic acids is 1. The minimum atomic E-state index is -0.504. The lowest BCUT2D eigenvalue weighted by Crippen LogP contribution is -2.07. The van der Waals surface area contributed by atoms with Gasteiger partial charge in [0, 0.05) is 13.2 Å². The van der Waals surface area contributed by atoms with Gasteiger partial charge >= 0.3 is 11.7 Å². The lowest BCUT2D eigenvalue weighted by Gasteiger charge is -2.07. The molecule has 1 aromatic carbocycles. The summed E-state index contributed by atoms with van der Waals surface area (Å²) in [4.78, 5) is 22.2.